The van der Waals surface area contributed by atoms with Gasteiger partial charge in [0.1, 0.15) is 5.75 Å². The monoisotopic (exact) mass is 414 g/mol. The molecule has 0 atom stereocenters. The predicted molar refractivity (Wildman–Crippen MR) is 119 cm³/mol. The summed E-state index contributed by atoms with van der Waals surface area (Å²) in [5.74, 6) is 1.24. The molecule has 4 aromatic rings. The van der Waals surface area contributed by atoms with E-state index in [0.29, 0.717) is 17.1 Å². The molecular weight excluding hydrogens is 392 g/mol. The summed E-state index contributed by atoms with van der Waals surface area (Å²) >= 11 is 0. The van der Waals surface area contributed by atoms with Crippen molar-refractivity contribution >= 4 is 11.6 Å². The Bertz CT molecular complexity index is 1180. The van der Waals surface area contributed by atoms with E-state index in [9.17, 15) is 4.79 Å². The predicted octanol–water partition coefficient (Wildman–Crippen LogP) is 4.51. The minimum atomic E-state index is -0.158. The van der Waals surface area contributed by atoms with Crippen molar-refractivity contribution in [3.05, 3.63) is 83.9 Å². The second-order valence-corrected chi connectivity index (χ2v) is 6.93. The molecule has 7 heteroatoms. The first-order valence-corrected chi connectivity index (χ1v) is 9.71. The number of amides is 1. The van der Waals surface area contributed by atoms with E-state index in [4.69, 9.17) is 9.47 Å². The second kappa shape index (κ2) is 8.71. The Balaban J connectivity index is 1.59. The fourth-order valence-corrected chi connectivity index (χ4v) is 3.08. The van der Waals surface area contributed by atoms with Gasteiger partial charge in [-0.1, -0.05) is 17.7 Å². The molecule has 0 radical (unpaired) electrons. The van der Waals surface area contributed by atoms with Crippen LogP contribution in [0, 0.1) is 6.92 Å². The van der Waals surface area contributed by atoms with Crippen LogP contribution in [0.25, 0.3) is 17.1 Å². The molecule has 0 saturated carbocycles. The smallest absolute Gasteiger partial charge is 0.336 e. The maximum Gasteiger partial charge on any atom is 0.336 e. The highest BCUT2D eigenvalue weighted by atomic mass is 16.5. The van der Waals surface area contributed by atoms with Crippen molar-refractivity contribution in [3.8, 4) is 28.8 Å². The average molecular weight is 414 g/mol. The van der Waals surface area contributed by atoms with Gasteiger partial charge in [0.15, 0.2) is 5.82 Å². The fraction of sp³-hybridized carbons (Fsp3) is 0.125. The number of hydrogen-bond donors (Lipinski definition) is 1. The quantitative estimate of drug-likeness (QED) is 0.502. The standard InChI is InChI=1S/C24H22N4O3/c1-16-4-6-18(7-5-16)23(29)25-19-10-12-20(13-11-19)28-22(26-24(27-28)31-3)17-8-14-21(30-2)15-9-17/h4-15H,1-3H3,(H,25,29). The van der Waals surface area contributed by atoms with Crippen molar-refractivity contribution in [2.24, 2.45) is 0 Å². The topological polar surface area (TPSA) is 78.3 Å². The van der Waals surface area contributed by atoms with Crippen LogP contribution < -0.4 is 14.8 Å². The molecule has 0 aliphatic rings. The molecule has 1 aromatic heterocycles. The van der Waals surface area contributed by atoms with Gasteiger partial charge in [-0.25, -0.2) is 4.68 Å². The van der Waals surface area contributed by atoms with E-state index in [-0.39, 0.29) is 11.9 Å². The second-order valence-electron chi connectivity index (χ2n) is 6.93. The highest BCUT2D eigenvalue weighted by molar-refractivity contribution is 6.04. The third-order valence-corrected chi connectivity index (χ3v) is 4.80. The van der Waals surface area contributed by atoms with E-state index < -0.39 is 0 Å². The summed E-state index contributed by atoms with van der Waals surface area (Å²) in [4.78, 5) is 16.9. The normalized spacial score (nSPS) is 10.5. The lowest BCUT2D eigenvalue weighted by atomic mass is 10.1. The zero-order valence-electron chi connectivity index (χ0n) is 17.5. The van der Waals surface area contributed by atoms with Crippen LogP contribution >= 0.6 is 0 Å². The van der Waals surface area contributed by atoms with Crippen LogP contribution in [0.5, 0.6) is 11.8 Å². The van der Waals surface area contributed by atoms with Gasteiger partial charge in [0.25, 0.3) is 5.91 Å². The van der Waals surface area contributed by atoms with Crippen molar-refractivity contribution in [3.63, 3.8) is 0 Å². The van der Waals surface area contributed by atoms with E-state index in [2.05, 4.69) is 15.4 Å². The molecule has 0 aliphatic heterocycles. The first kappa shape index (κ1) is 20.2. The lowest BCUT2D eigenvalue weighted by molar-refractivity contribution is 0.102. The number of hydrogen-bond acceptors (Lipinski definition) is 5. The van der Waals surface area contributed by atoms with E-state index in [0.717, 1.165) is 22.6 Å². The maximum atomic E-state index is 12.4. The number of benzene rings is 3. The van der Waals surface area contributed by atoms with Crippen molar-refractivity contribution in [1.29, 1.82) is 0 Å². The Labute approximate surface area is 180 Å². The molecule has 4 rings (SSSR count). The van der Waals surface area contributed by atoms with Crippen LogP contribution in [-0.4, -0.2) is 34.9 Å². The van der Waals surface area contributed by atoms with Gasteiger partial charge in [-0.2, -0.15) is 4.98 Å². The number of carbonyl (C=O) groups is 1. The Morgan fingerprint density at radius 2 is 1.55 bits per heavy atom. The molecule has 0 spiro atoms. The third kappa shape index (κ3) is 4.40. The van der Waals surface area contributed by atoms with E-state index in [1.54, 1.807) is 11.8 Å². The lowest BCUT2D eigenvalue weighted by Gasteiger charge is -2.09. The number of nitrogens with one attached hydrogen (secondary N) is 1. The van der Waals surface area contributed by atoms with Crippen molar-refractivity contribution in [2.45, 2.75) is 6.92 Å². The highest BCUT2D eigenvalue weighted by Crippen LogP contribution is 2.26. The largest absolute Gasteiger partial charge is 0.497 e. The van der Waals surface area contributed by atoms with Crippen LogP contribution in [-0.2, 0) is 0 Å². The average Bonchev–Trinajstić information content (AvgIpc) is 3.24. The number of aryl methyl sites for hydroxylation is 1. The van der Waals surface area contributed by atoms with Gasteiger partial charge >= 0.3 is 6.01 Å². The SMILES string of the molecule is COc1ccc(-c2nc(OC)nn2-c2ccc(NC(=O)c3ccc(C)cc3)cc2)cc1. The third-order valence-electron chi connectivity index (χ3n) is 4.80. The van der Waals surface area contributed by atoms with Crippen LogP contribution in [0.15, 0.2) is 72.8 Å². The molecule has 156 valence electrons. The van der Waals surface area contributed by atoms with Gasteiger partial charge in [0, 0.05) is 16.8 Å². The summed E-state index contributed by atoms with van der Waals surface area (Å²) in [5.41, 5.74) is 4.06. The lowest BCUT2D eigenvalue weighted by Crippen LogP contribution is -2.11. The Kier molecular flexibility index (Phi) is 5.66. The molecule has 0 fully saturated rings. The van der Waals surface area contributed by atoms with Gasteiger partial charge in [-0.3, -0.25) is 4.79 Å². The van der Waals surface area contributed by atoms with E-state index >= 15 is 0 Å². The number of anilines is 1. The summed E-state index contributed by atoms with van der Waals surface area (Å²) in [6, 6.07) is 22.7. The van der Waals surface area contributed by atoms with Gasteiger partial charge < -0.3 is 14.8 Å². The van der Waals surface area contributed by atoms with E-state index in [1.165, 1.54) is 7.11 Å². The zero-order valence-corrected chi connectivity index (χ0v) is 17.5. The van der Waals surface area contributed by atoms with Crippen LogP contribution in [0.2, 0.25) is 0 Å². The Hall–Kier alpha value is -4.13. The summed E-state index contributed by atoms with van der Waals surface area (Å²) in [6.45, 7) is 1.99. The van der Waals surface area contributed by atoms with Gasteiger partial charge in [-0.05, 0) is 67.6 Å². The molecule has 7 nitrogen and oxygen atoms in total. The number of carbonyl (C=O) groups excluding carboxylic acids is 1. The number of ether oxygens (including phenoxy) is 2. The van der Waals surface area contributed by atoms with Crippen LogP contribution in [0.3, 0.4) is 0 Å². The summed E-state index contributed by atoms with van der Waals surface area (Å²) < 4.78 is 12.2. The Morgan fingerprint density at radius 1 is 0.871 bits per heavy atom. The summed E-state index contributed by atoms with van der Waals surface area (Å²) in [5, 5.41) is 7.34. The zero-order chi connectivity index (χ0) is 21.8. The molecule has 1 N–H and O–H groups in total. The highest BCUT2D eigenvalue weighted by Gasteiger charge is 2.15. The Morgan fingerprint density at radius 3 is 2.16 bits per heavy atom. The summed E-state index contributed by atoms with van der Waals surface area (Å²) in [7, 11) is 3.15. The molecule has 1 amide bonds. The molecule has 31 heavy (non-hydrogen) atoms. The molecular formula is C24H22N4O3. The summed E-state index contributed by atoms with van der Waals surface area (Å²) in [6.07, 6.45) is 0. The molecule has 0 aliphatic carbocycles. The molecule has 0 unspecified atom stereocenters. The van der Waals surface area contributed by atoms with Gasteiger partial charge in [0.2, 0.25) is 0 Å². The molecule has 3 aromatic carbocycles. The number of aromatic nitrogens is 3. The number of methoxy groups -OCH3 is 2. The first-order chi connectivity index (χ1) is 15.1. The molecule has 1 heterocycles. The number of rotatable bonds is 6. The number of nitrogens with zero attached hydrogens (tertiary/aromatic N) is 3. The van der Waals surface area contributed by atoms with E-state index in [1.807, 2.05) is 79.7 Å². The van der Waals surface area contributed by atoms with Gasteiger partial charge in [0.05, 0.1) is 19.9 Å². The fourth-order valence-electron chi connectivity index (χ4n) is 3.08. The van der Waals surface area contributed by atoms with Crippen molar-refractivity contribution in [2.75, 3.05) is 19.5 Å². The minimum absolute atomic E-state index is 0.158. The maximum absolute atomic E-state index is 12.4. The first-order valence-electron chi connectivity index (χ1n) is 9.71. The van der Waals surface area contributed by atoms with Gasteiger partial charge in [-0.15, -0.1) is 5.10 Å². The van der Waals surface area contributed by atoms with Crippen LogP contribution in [0.4, 0.5) is 5.69 Å². The van der Waals surface area contributed by atoms with Crippen molar-refractivity contribution < 1.29 is 14.3 Å². The minimum Gasteiger partial charge on any atom is -0.497 e. The van der Waals surface area contributed by atoms with Crippen LogP contribution in [0.1, 0.15) is 15.9 Å². The molecule has 0 saturated heterocycles. The van der Waals surface area contributed by atoms with Crippen molar-refractivity contribution in [1.82, 2.24) is 14.8 Å². The molecule has 0 bridgehead atoms.